The topological polar surface area (TPSA) is 95.9 Å². The van der Waals surface area contributed by atoms with Gasteiger partial charge < -0.3 is 20.1 Å². The monoisotopic (exact) mass is 148 g/mol. The number of ether oxygens (including phenoxy) is 1. The first-order chi connectivity index (χ1) is 4.58. The minimum absolute atomic E-state index is 0.364. The Kier molecular flexibility index (Phi) is 1.93. The minimum atomic E-state index is -1.83. The lowest BCUT2D eigenvalue weighted by molar-refractivity contribution is -0.0471. The van der Waals surface area contributed by atoms with Crippen molar-refractivity contribution in [1.29, 1.82) is 0 Å². The highest BCUT2D eigenvalue weighted by atomic mass is 16.5. The molecule has 3 atom stereocenters. The predicted molar refractivity (Wildman–Crippen MR) is 31.4 cm³/mol. The van der Waals surface area contributed by atoms with Gasteiger partial charge in [-0.2, -0.15) is 0 Å². The first-order valence-corrected chi connectivity index (χ1v) is 2.88. The standard InChI is InChI=1S/C5H10NO4/c6-5(9)2-10-3(1-7)4(5)8/h2-4,7-9H,1,6H2/t3-,4-,5-/m0/s1. The highest BCUT2D eigenvalue weighted by Gasteiger charge is 2.45. The molecule has 0 aliphatic carbocycles. The molecule has 5 nitrogen and oxygen atoms in total. The largest absolute Gasteiger partial charge is 0.394 e. The number of nitrogens with two attached hydrogens (primary N) is 1. The van der Waals surface area contributed by atoms with Crippen molar-refractivity contribution in [2.45, 2.75) is 17.9 Å². The van der Waals surface area contributed by atoms with E-state index >= 15 is 0 Å². The molecule has 1 rings (SSSR count). The Morgan fingerprint density at radius 1 is 1.70 bits per heavy atom. The zero-order chi connectivity index (χ0) is 7.78. The van der Waals surface area contributed by atoms with Crippen LogP contribution in [0.2, 0.25) is 0 Å². The Labute approximate surface area is 58.0 Å². The summed E-state index contributed by atoms with van der Waals surface area (Å²) in [5.41, 5.74) is 3.28. The number of aliphatic hydroxyl groups is 3. The summed E-state index contributed by atoms with van der Waals surface area (Å²) in [6.45, 7) is 0.551. The third-order valence-electron chi connectivity index (χ3n) is 1.44. The van der Waals surface area contributed by atoms with Crippen LogP contribution in [0.15, 0.2) is 0 Å². The van der Waals surface area contributed by atoms with Crippen LogP contribution >= 0.6 is 0 Å². The van der Waals surface area contributed by atoms with E-state index in [9.17, 15) is 0 Å². The van der Waals surface area contributed by atoms with E-state index in [2.05, 4.69) is 4.74 Å². The van der Waals surface area contributed by atoms with Crippen LogP contribution < -0.4 is 5.73 Å². The molecule has 1 fully saturated rings. The lowest BCUT2D eigenvalue weighted by Crippen LogP contribution is -2.50. The molecule has 0 aromatic heterocycles. The van der Waals surface area contributed by atoms with Crippen LogP contribution in [0.5, 0.6) is 0 Å². The Hall–Kier alpha value is -0.200. The van der Waals surface area contributed by atoms with Gasteiger partial charge in [-0.15, -0.1) is 0 Å². The Morgan fingerprint density at radius 2 is 2.30 bits per heavy atom. The first-order valence-electron chi connectivity index (χ1n) is 2.88. The van der Waals surface area contributed by atoms with Crippen LogP contribution in [0, 0.1) is 6.61 Å². The maximum Gasteiger partial charge on any atom is 0.171 e. The molecule has 0 unspecified atom stereocenters. The molecule has 5 heteroatoms. The number of hydrogen-bond acceptors (Lipinski definition) is 5. The smallest absolute Gasteiger partial charge is 0.171 e. The Balaban J connectivity index is 2.58. The third-order valence-corrected chi connectivity index (χ3v) is 1.44. The van der Waals surface area contributed by atoms with Gasteiger partial charge in [-0.05, 0) is 0 Å². The van der Waals surface area contributed by atoms with Crippen LogP contribution in [0.3, 0.4) is 0 Å². The van der Waals surface area contributed by atoms with Gasteiger partial charge in [0.05, 0.1) is 6.61 Å². The summed E-state index contributed by atoms with van der Waals surface area (Å²) in [4.78, 5) is 0. The number of aliphatic hydroxyl groups excluding tert-OH is 2. The molecule has 0 aromatic carbocycles. The SMILES string of the molecule is N[C@]1(O)[CH]O[C@@H](CO)[C@@H]1O. The fraction of sp³-hybridized carbons (Fsp3) is 0.800. The highest BCUT2D eigenvalue weighted by molar-refractivity contribution is 4.99. The molecule has 0 saturated carbocycles. The van der Waals surface area contributed by atoms with Crippen molar-refractivity contribution in [1.82, 2.24) is 0 Å². The van der Waals surface area contributed by atoms with Crippen molar-refractivity contribution >= 4 is 0 Å². The van der Waals surface area contributed by atoms with Gasteiger partial charge in [-0.1, -0.05) is 0 Å². The second-order valence-electron chi connectivity index (χ2n) is 2.31. The van der Waals surface area contributed by atoms with E-state index in [1.54, 1.807) is 0 Å². The molecule has 0 aromatic rings. The average molecular weight is 148 g/mol. The van der Waals surface area contributed by atoms with Crippen molar-refractivity contribution < 1.29 is 20.1 Å². The van der Waals surface area contributed by atoms with Gasteiger partial charge >= 0.3 is 0 Å². The minimum Gasteiger partial charge on any atom is -0.394 e. The molecule has 0 spiro atoms. The molecule has 0 bridgehead atoms. The summed E-state index contributed by atoms with van der Waals surface area (Å²) in [7, 11) is 0. The summed E-state index contributed by atoms with van der Waals surface area (Å²) >= 11 is 0. The fourth-order valence-electron chi connectivity index (χ4n) is 0.781. The predicted octanol–water partition coefficient (Wildman–Crippen LogP) is -2.45. The van der Waals surface area contributed by atoms with Gasteiger partial charge in [0.2, 0.25) is 0 Å². The van der Waals surface area contributed by atoms with Crippen molar-refractivity contribution in [3.05, 3.63) is 6.61 Å². The van der Waals surface area contributed by atoms with Gasteiger partial charge in [0, 0.05) is 0 Å². The number of hydrogen-bond donors (Lipinski definition) is 4. The van der Waals surface area contributed by atoms with E-state index < -0.39 is 17.9 Å². The number of rotatable bonds is 1. The second-order valence-corrected chi connectivity index (χ2v) is 2.31. The molecule has 1 heterocycles. The molecule has 1 radical (unpaired) electrons. The van der Waals surface area contributed by atoms with Gasteiger partial charge in [0.1, 0.15) is 18.8 Å². The van der Waals surface area contributed by atoms with Crippen molar-refractivity contribution in [2.24, 2.45) is 5.73 Å². The van der Waals surface area contributed by atoms with Crippen LogP contribution in [0.25, 0.3) is 0 Å². The molecular weight excluding hydrogens is 138 g/mol. The molecule has 5 N–H and O–H groups in total. The molecule has 1 saturated heterocycles. The summed E-state index contributed by atoms with van der Waals surface area (Å²) in [5.74, 6) is 0. The van der Waals surface area contributed by atoms with Crippen molar-refractivity contribution in [3.63, 3.8) is 0 Å². The van der Waals surface area contributed by atoms with Crippen LogP contribution in [-0.4, -0.2) is 39.9 Å². The Bertz CT molecular complexity index is 127. The molecule has 59 valence electrons. The normalized spacial score (nSPS) is 48.0. The fourth-order valence-corrected chi connectivity index (χ4v) is 0.781. The van der Waals surface area contributed by atoms with Gasteiger partial charge in [0.25, 0.3) is 0 Å². The first kappa shape index (κ1) is 7.90. The van der Waals surface area contributed by atoms with Gasteiger partial charge in [-0.3, -0.25) is 5.73 Å². The third kappa shape index (κ3) is 1.14. The zero-order valence-electron chi connectivity index (χ0n) is 5.27. The highest BCUT2D eigenvalue weighted by Crippen LogP contribution is 2.22. The van der Waals surface area contributed by atoms with E-state index in [1.165, 1.54) is 0 Å². The van der Waals surface area contributed by atoms with Gasteiger partial charge in [0.15, 0.2) is 5.72 Å². The summed E-state index contributed by atoms with van der Waals surface area (Å²) < 4.78 is 4.63. The molecule has 1 aliphatic rings. The van der Waals surface area contributed by atoms with E-state index in [0.717, 1.165) is 6.61 Å². The summed E-state index contributed by atoms with van der Waals surface area (Å²) in [5, 5.41) is 26.5. The summed E-state index contributed by atoms with van der Waals surface area (Å²) in [6.07, 6.45) is -2.06. The molecule has 1 aliphatic heterocycles. The second kappa shape index (κ2) is 2.44. The van der Waals surface area contributed by atoms with Gasteiger partial charge in [-0.25, -0.2) is 0 Å². The molecule has 0 amide bonds. The van der Waals surface area contributed by atoms with E-state index in [1.807, 2.05) is 0 Å². The quantitative estimate of drug-likeness (QED) is 0.309. The van der Waals surface area contributed by atoms with E-state index in [4.69, 9.17) is 21.1 Å². The maximum absolute atomic E-state index is 9.03. The lowest BCUT2D eigenvalue weighted by atomic mass is 10.1. The van der Waals surface area contributed by atoms with Crippen LogP contribution in [0.4, 0.5) is 0 Å². The Morgan fingerprint density at radius 3 is 2.50 bits per heavy atom. The summed E-state index contributed by atoms with van der Waals surface area (Å²) in [6, 6.07) is 0. The van der Waals surface area contributed by atoms with Crippen LogP contribution in [-0.2, 0) is 4.74 Å². The molecular formula is C5H10NO4. The molecule has 10 heavy (non-hydrogen) atoms. The van der Waals surface area contributed by atoms with E-state index in [-0.39, 0.29) is 6.61 Å². The lowest BCUT2D eigenvalue weighted by Gasteiger charge is -2.19. The van der Waals surface area contributed by atoms with E-state index in [0.29, 0.717) is 0 Å². The maximum atomic E-state index is 9.03. The average Bonchev–Trinajstić information content (AvgIpc) is 2.10. The van der Waals surface area contributed by atoms with Crippen molar-refractivity contribution in [3.8, 4) is 0 Å². The zero-order valence-corrected chi connectivity index (χ0v) is 5.27. The van der Waals surface area contributed by atoms with Crippen LogP contribution in [0.1, 0.15) is 0 Å². The van der Waals surface area contributed by atoms with Crippen molar-refractivity contribution in [2.75, 3.05) is 6.61 Å².